The first-order valence-corrected chi connectivity index (χ1v) is 9.28. The number of halogens is 1. The van der Waals surface area contributed by atoms with Crippen LogP contribution in [0.15, 0.2) is 30.0 Å². The first kappa shape index (κ1) is 20.5. The average molecular weight is 389 g/mol. The summed E-state index contributed by atoms with van der Waals surface area (Å²) in [5, 5.41) is 9.10. The van der Waals surface area contributed by atoms with E-state index < -0.39 is 35.9 Å². The first-order valence-electron chi connectivity index (χ1n) is 9.28. The van der Waals surface area contributed by atoms with Crippen molar-refractivity contribution in [2.75, 3.05) is 11.4 Å². The van der Waals surface area contributed by atoms with Crippen LogP contribution in [0.2, 0.25) is 0 Å². The fraction of sp³-hybridized carbons (Fsp3) is 0.500. The van der Waals surface area contributed by atoms with Crippen LogP contribution in [0.1, 0.15) is 46.6 Å². The summed E-state index contributed by atoms with van der Waals surface area (Å²) in [4.78, 5) is 24.6. The van der Waals surface area contributed by atoms with E-state index in [2.05, 4.69) is 0 Å². The predicted molar refractivity (Wildman–Crippen MR) is 104 cm³/mol. The van der Waals surface area contributed by atoms with E-state index in [1.807, 2.05) is 27.7 Å². The van der Waals surface area contributed by atoms with Crippen molar-refractivity contribution in [1.29, 1.82) is 0 Å². The molecule has 1 N–H and O–H groups in total. The third kappa shape index (κ3) is 3.58. The molecule has 2 aliphatic rings. The zero-order valence-corrected chi connectivity index (χ0v) is 16.8. The number of amides is 1. The topological polar surface area (TPSA) is 76.1 Å². The third-order valence-corrected chi connectivity index (χ3v) is 5.90. The summed E-state index contributed by atoms with van der Waals surface area (Å²) in [6.45, 7) is 9.24. The monoisotopic (exact) mass is 389 g/mol. The van der Waals surface area contributed by atoms with Gasteiger partial charge in [0.25, 0.3) is 0 Å². The Bertz CT molecular complexity index is 818. The predicted octanol–water partition coefficient (Wildman–Crippen LogP) is 3.46. The van der Waals surface area contributed by atoms with Crippen molar-refractivity contribution in [3.8, 4) is 0 Å². The molecule has 1 aromatic carbocycles. The van der Waals surface area contributed by atoms with Crippen molar-refractivity contribution >= 4 is 30.3 Å². The van der Waals surface area contributed by atoms with Crippen LogP contribution in [0, 0.1) is 5.92 Å². The molecule has 6 nitrogen and oxygen atoms in total. The molecule has 1 atom stereocenters. The average Bonchev–Trinajstić information content (AvgIpc) is 3.11. The highest BCUT2D eigenvalue weighted by Crippen LogP contribution is 2.40. The van der Waals surface area contributed by atoms with E-state index >= 15 is 0 Å². The lowest BCUT2D eigenvalue weighted by atomic mass is 9.83. The lowest BCUT2D eigenvalue weighted by Crippen LogP contribution is -2.41. The number of allylic oxidation sites excluding steroid dienone is 1. The van der Waals surface area contributed by atoms with Crippen molar-refractivity contribution in [3.63, 3.8) is 0 Å². The van der Waals surface area contributed by atoms with Gasteiger partial charge in [-0.05, 0) is 57.9 Å². The van der Waals surface area contributed by atoms with E-state index in [4.69, 9.17) is 14.4 Å². The van der Waals surface area contributed by atoms with Crippen LogP contribution in [0.5, 0.6) is 0 Å². The van der Waals surface area contributed by atoms with Gasteiger partial charge in [0, 0.05) is 18.7 Å². The van der Waals surface area contributed by atoms with E-state index in [0.29, 0.717) is 16.8 Å². The minimum absolute atomic E-state index is 0.00737. The molecule has 0 saturated carbocycles. The van der Waals surface area contributed by atoms with Crippen LogP contribution in [0.3, 0.4) is 0 Å². The van der Waals surface area contributed by atoms with E-state index in [-0.39, 0.29) is 18.9 Å². The Morgan fingerprint density at radius 3 is 2.18 bits per heavy atom. The summed E-state index contributed by atoms with van der Waals surface area (Å²) in [6.07, 6.45) is -0.00737. The Hall–Kier alpha value is -2.19. The highest BCUT2D eigenvalue weighted by molar-refractivity contribution is 6.55. The second-order valence-electron chi connectivity index (χ2n) is 8.35. The molecule has 2 saturated heterocycles. The number of anilines is 1. The Balaban J connectivity index is 1.79. The van der Waals surface area contributed by atoms with Crippen molar-refractivity contribution < 1.29 is 28.4 Å². The Labute approximate surface area is 164 Å². The number of rotatable bonds is 4. The Kier molecular flexibility index (Phi) is 5.14. The molecule has 2 aliphatic heterocycles. The molecular weight excluding hydrogens is 364 g/mol. The van der Waals surface area contributed by atoms with Crippen LogP contribution in [-0.2, 0) is 18.9 Å². The number of carboxylic acids is 1. The highest BCUT2D eigenvalue weighted by Gasteiger charge is 2.53. The zero-order valence-electron chi connectivity index (χ0n) is 16.8. The van der Waals surface area contributed by atoms with Crippen LogP contribution in [0.4, 0.5) is 10.1 Å². The van der Waals surface area contributed by atoms with Gasteiger partial charge < -0.3 is 19.3 Å². The van der Waals surface area contributed by atoms with E-state index in [0.717, 1.165) is 0 Å². The minimum atomic E-state index is -1.07. The quantitative estimate of drug-likeness (QED) is 0.799. The molecular formula is C20H25BFNO5. The molecule has 0 radical (unpaired) electrons. The second-order valence-corrected chi connectivity index (χ2v) is 8.35. The smallest absolute Gasteiger partial charge is 0.481 e. The van der Waals surface area contributed by atoms with Gasteiger partial charge in [0.2, 0.25) is 5.91 Å². The number of hydrogen-bond donors (Lipinski definition) is 1. The molecule has 3 rings (SSSR count). The summed E-state index contributed by atoms with van der Waals surface area (Å²) >= 11 is 0. The number of carbonyl (C=O) groups is 2. The molecule has 0 spiro atoms. The molecule has 0 aromatic heterocycles. The summed E-state index contributed by atoms with van der Waals surface area (Å²) in [7, 11) is -1.07. The number of aliphatic carboxylic acids is 1. The summed E-state index contributed by atoms with van der Waals surface area (Å²) in [5.74, 6) is -1.90. The maximum atomic E-state index is 15.0. The fourth-order valence-electron chi connectivity index (χ4n) is 3.28. The van der Waals surface area contributed by atoms with Gasteiger partial charge in [0.1, 0.15) is 5.73 Å². The number of carbonyl (C=O) groups excluding carboxylic acids is 1. The molecule has 8 heteroatoms. The molecule has 2 fully saturated rings. The van der Waals surface area contributed by atoms with Crippen molar-refractivity contribution in [1.82, 2.24) is 0 Å². The second kappa shape index (κ2) is 7.01. The number of carboxylic acid groups (broad SMARTS) is 1. The summed E-state index contributed by atoms with van der Waals surface area (Å²) in [6, 6.07) is 6.80. The number of hydrogen-bond acceptors (Lipinski definition) is 4. The lowest BCUT2D eigenvalue weighted by molar-refractivity contribution is -0.141. The van der Waals surface area contributed by atoms with Crippen LogP contribution < -0.4 is 4.90 Å². The van der Waals surface area contributed by atoms with E-state index in [9.17, 15) is 14.0 Å². The van der Waals surface area contributed by atoms with Gasteiger partial charge in [-0.3, -0.25) is 9.59 Å². The third-order valence-electron chi connectivity index (χ3n) is 5.90. The highest BCUT2D eigenvalue weighted by atomic mass is 19.1. The minimum Gasteiger partial charge on any atom is -0.481 e. The molecule has 2 heterocycles. The summed E-state index contributed by atoms with van der Waals surface area (Å²) < 4.78 is 26.5. The van der Waals surface area contributed by atoms with Gasteiger partial charge in [0.05, 0.1) is 17.1 Å². The van der Waals surface area contributed by atoms with Gasteiger partial charge in [0.15, 0.2) is 0 Å². The SMILES string of the molecule is CC(=C(F)B1OC(C)(C)C(C)(C)O1)c1ccc(N2CC(C(=O)O)CC2=O)cc1. The van der Waals surface area contributed by atoms with E-state index in [1.54, 1.807) is 31.2 Å². The normalized spacial score (nSPS) is 24.5. The molecule has 150 valence electrons. The first-order chi connectivity index (χ1) is 12.9. The van der Waals surface area contributed by atoms with Gasteiger partial charge in [-0.15, -0.1) is 0 Å². The maximum absolute atomic E-state index is 15.0. The van der Waals surface area contributed by atoms with Crippen molar-refractivity contribution in [3.05, 3.63) is 35.6 Å². The fourth-order valence-corrected chi connectivity index (χ4v) is 3.28. The van der Waals surface area contributed by atoms with Gasteiger partial charge in [-0.25, -0.2) is 4.39 Å². The van der Waals surface area contributed by atoms with Crippen molar-refractivity contribution in [2.24, 2.45) is 5.92 Å². The largest absolute Gasteiger partial charge is 0.525 e. The maximum Gasteiger partial charge on any atom is 0.525 e. The summed E-state index contributed by atoms with van der Waals surface area (Å²) in [5.41, 5.74) is -0.124. The molecule has 1 aromatic rings. The Morgan fingerprint density at radius 2 is 1.71 bits per heavy atom. The molecule has 1 unspecified atom stereocenters. The standard InChI is InChI=1S/C20H25BFNO5/c1-12(17(22)21-27-19(2,3)20(4,5)28-21)13-6-8-15(9-7-13)23-11-14(18(25)26)10-16(23)24/h6-9,14H,10-11H2,1-5H3,(H,25,26). The number of benzene rings is 1. The van der Waals surface area contributed by atoms with Gasteiger partial charge in [-0.1, -0.05) is 12.1 Å². The van der Waals surface area contributed by atoms with Crippen molar-refractivity contribution in [2.45, 2.75) is 52.2 Å². The molecule has 0 bridgehead atoms. The van der Waals surface area contributed by atoms with Gasteiger partial charge >= 0.3 is 13.1 Å². The zero-order chi connectivity index (χ0) is 20.9. The Morgan fingerprint density at radius 1 is 1.18 bits per heavy atom. The molecule has 0 aliphatic carbocycles. The lowest BCUT2D eigenvalue weighted by Gasteiger charge is -2.32. The molecule has 1 amide bonds. The van der Waals surface area contributed by atoms with Crippen LogP contribution >= 0.6 is 0 Å². The van der Waals surface area contributed by atoms with Crippen LogP contribution in [-0.4, -0.2) is 41.8 Å². The van der Waals surface area contributed by atoms with E-state index in [1.165, 1.54) is 4.90 Å². The van der Waals surface area contributed by atoms with Gasteiger partial charge in [-0.2, -0.15) is 0 Å². The number of nitrogens with zero attached hydrogens (tertiary/aromatic N) is 1. The molecule has 28 heavy (non-hydrogen) atoms. The van der Waals surface area contributed by atoms with Crippen LogP contribution in [0.25, 0.3) is 5.57 Å².